The maximum atomic E-state index is 13.9. The fourth-order valence-corrected chi connectivity index (χ4v) is 2.60. The van der Waals surface area contributed by atoms with E-state index in [9.17, 15) is 4.39 Å². The number of halogens is 1. The summed E-state index contributed by atoms with van der Waals surface area (Å²) in [6.07, 6.45) is 2.10. The Bertz CT molecular complexity index is 497. The van der Waals surface area contributed by atoms with E-state index in [0.717, 1.165) is 25.9 Å². The lowest BCUT2D eigenvalue weighted by molar-refractivity contribution is -0.0528. The average molecular weight is 262 g/mol. The first-order valence-electron chi connectivity index (χ1n) is 6.52. The Hall–Kier alpha value is -1.44. The van der Waals surface area contributed by atoms with Gasteiger partial charge in [-0.2, -0.15) is 5.26 Å². The van der Waals surface area contributed by atoms with Gasteiger partial charge in [0, 0.05) is 25.8 Å². The quantitative estimate of drug-likeness (QED) is 0.840. The second-order valence-corrected chi connectivity index (χ2v) is 5.39. The molecule has 1 heterocycles. The molecule has 3 nitrogen and oxygen atoms in total. The van der Waals surface area contributed by atoms with Crippen molar-refractivity contribution in [1.29, 1.82) is 5.26 Å². The third-order valence-electron chi connectivity index (χ3n) is 3.81. The third-order valence-corrected chi connectivity index (χ3v) is 3.81. The van der Waals surface area contributed by atoms with E-state index in [-0.39, 0.29) is 11.4 Å². The number of ether oxygens (including phenoxy) is 1. The maximum Gasteiger partial charge on any atom is 0.129 e. The summed E-state index contributed by atoms with van der Waals surface area (Å²) in [6, 6.07) is 6.61. The van der Waals surface area contributed by atoms with Gasteiger partial charge in [0.25, 0.3) is 0 Å². The van der Waals surface area contributed by atoms with Crippen LogP contribution in [0.5, 0.6) is 0 Å². The molecule has 2 rings (SSSR count). The molecule has 4 heteroatoms. The summed E-state index contributed by atoms with van der Waals surface area (Å²) in [4.78, 5) is 2.21. The topological polar surface area (TPSA) is 36.3 Å². The van der Waals surface area contributed by atoms with Crippen LogP contribution >= 0.6 is 0 Å². The molecule has 1 fully saturated rings. The van der Waals surface area contributed by atoms with Crippen LogP contribution in [-0.2, 0) is 11.3 Å². The smallest absolute Gasteiger partial charge is 0.129 e. The van der Waals surface area contributed by atoms with Crippen LogP contribution < -0.4 is 0 Å². The van der Waals surface area contributed by atoms with E-state index in [1.54, 1.807) is 19.2 Å². The highest BCUT2D eigenvalue weighted by molar-refractivity contribution is 5.32. The first kappa shape index (κ1) is 14.0. The monoisotopic (exact) mass is 262 g/mol. The van der Waals surface area contributed by atoms with Crippen LogP contribution in [0.1, 0.15) is 30.9 Å². The third kappa shape index (κ3) is 3.31. The summed E-state index contributed by atoms with van der Waals surface area (Å²) in [7, 11) is 1.73. The number of likely N-dealkylation sites (tertiary alicyclic amines) is 1. The highest BCUT2D eigenvalue weighted by Crippen LogP contribution is 2.25. The van der Waals surface area contributed by atoms with E-state index in [1.165, 1.54) is 6.07 Å². The Morgan fingerprint density at radius 1 is 1.53 bits per heavy atom. The van der Waals surface area contributed by atoms with E-state index in [0.29, 0.717) is 17.7 Å². The van der Waals surface area contributed by atoms with Crippen LogP contribution in [0.4, 0.5) is 4.39 Å². The summed E-state index contributed by atoms with van der Waals surface area (Å²) in [6.45, 7) is 4.42. The number of rotatable bonds is 3. The Balaban J connectivity index is 2.07. The zero-order valence-corrected chi connectivity index (χ0v) is 11.4. The molecule has 19 heavy (non-hydrogen) atoms. The average Bonchev–Trinajstić information content (AvgIpc) is 2.41. The molecule has 0 amide bonds. The number of hydrogen-bond acceptors (Lipinski definition) is 3. The second-order valence-electron chi connectivity index (χ2n) is 5.39. The molecule has 0 bridgehead atoms. The van der Waals surface area contributed by atoms with Crippen molar-refractivity contribution in [2.75, 3.05) is 20.2 Å². The summed E-state index contributed by atoms with van der Waals surface area (Å²) in [5.74, 6) is -0.302. The number of hydrogen-bond donors (Lipinski definition) is 0. The zero-order chi connectivity index (χ0) is 13.9. The molecule has 0 spiro atoms. The van der Waals surface area contributed by atoms with Gasteiger partial charge in [0.1, 0.15) is 5.82 Å². The predicted molar refractivity (Wildman–Crippen MR) is 71.0 cm³/mol. The normalized spacial score (nSPS) is 24.1. The fourth-order valence-electron chi connectivity index (χ4n) is 2.60. The summed E-state index contributed by atoms with van der Waals surface area (Å²) in [5.41, 5.74) is 0.863. The summed E-state index contributed by atoms with van der Waals surface area (Å²) in [5, 5.41) is 8.73. The van der Waals surface area contributed by atoms with Gasteiger partial charge in [-0.3, -0.25) is 4.90 Å². The van der Waals surface area contributed by atoms with E-state index in [2.05, 4.69) is 11.8 Å². The van der Waals surface area contributed by atoms with E-state index < -0.39 is 0 Å². The first-order chi connectivity index (χ1) is 9.06. The molecule has 1 aliphatic heterocycles. The van der Waals surface area contributed by atoms with E-state index in [4.69, 9.17) is 10.00 Å². The van der Waals surface area contributed by atoms with Crippen molar-refractivity contribution in [1.82, 2.24) is 4.90 Å². The molecule has 0 radical (unpaired) electrons. The van der Waals surface area contributed by atoms with Gasteiger partial charge < -0.3 is 4.74 Å². The molecule has 1 aliphatic rings. The molecule has 1 unspecified atom stereocenters. The summed E-state index contributed by atoms with van der Waals surface area (Å²) >= 11 is 0. The van der Waals surface area contributed by atoms with E-state index in [1.807, 2.05) is 6.07 Å². The number of nitrogens with zero attached hydrogens (tertiary/aromatic N) is 2. The first-order valence-corrected chi connectivity index (χ1v) is 6.52. The van der Waals surface area contributed by atoms with Gasteiger partial charge in [-0.1, -0.05) is 6.07 Å². The van der Waals surface area contributed by atoms with Crippen molar-refractivity contribution >= 4 is 0 Å². The van der Waals surface area contributed by atoms with Gasteiger partial charge in [0.15, 0.2) is 0 Å². The fraction of sp³-hybridized carbons (Fsp3) is 0.533. The Labute approximate surface area is 113 Å². The van der Waals surface area contributed by atoms with Gasteiger partial charge >= 0.3 is 0 Å². The van der Waals surface area contributed by atoms with Gasteiger partial charge in [-0.15, -0.1) is 0 Å². The lowest BCUT2D eigenvalue weighted by Crippen LogP contribution is -2.46. The van der Waals surface area contributed by atoms with Crippen LogP contribution in [-0.4, -0.2) is 30.7 Å². The van der Waals surface area contributed by atoms with Crippen molar-refractivity contribution in [3.05, 3.63) is 35.1 Å². The Morgan fingerprint density at radius 2 is 2.32 bits per heavy atom. The van der Waals surface area contributed by atoms with Gasteiger partial charge in [0.2, 0.25) is 0 Å². The Morgan fingerprint density at radius 3 is 2.95 bits per heavy atom. The molecule has 102 valence electrons. The number of nitriles is 1. The summed E-state index contributed by atoms with van der Waals surface area (Å²) < 4.78 is 19.4. The van der Waals surface area contributed by atoms with Gasteiger partial charge in [-0.05, 0) is 38.4 Å². The predicted octanol–water partition coefficient (Wildman–Crippen LogP) is 2.70. The van der Waals surface area contributed by atoms with Crippen molar-refractivity contribution in [2.45, 2.75) is 31.9 Å². The molecule has 1 saturated heterocycles. The molecule has 0 saturated carbocycles. The van der Waals surface area contributed by atoms with Crippen molar-refractivity contribution in [3.8, 4) is 6.07 Å². The van der Waals surface area contributed by atoms with Crippen LogP contribution in [0, 0.1) is 17.1 Å². The largest absolute Gasteiger partial charge is 0.377 e. The van der Waals surface area contributed by atoms with E-state index >= 15 is 0 Å². The highest BCUT2D eigenvalue weighted by Gasteiger charge is 2.30. The van der Waals surface area contributed by atoms with Crippen molar-refractivity contribution < 1.29 is 9.13 Å². The zero-order valence-electron chi connectivity index (χ0n) is 11.4. The molecule has 1 aromatic carbocycles. The molecule has 0 aliphatic carbocycles. The van der Waals surface area contributed by atoms with Crippen LogP contribution in [0.2, 0.25) is 0 Å². The number of methoxy groups -OCH3 is 1. The SMILES string of the molecule is COC1(C)CCCN(Cc2ccc(C#N)cc2F)C1. The molecule has 0 N–H and O–H groups in total. The van der Waals surface area contributed by atoms with Crippen molar-refractivity contribution in [2.24, 2.45) is 0 Å². The van der Waals surface area contributed by atoms with Gasteiger partial charge in [-0.25, -0.2) is 4.39 Å². The molecule has 1 aromatic rings. The Kier molecular flexibility index (Phi) is 4.18. The molecular weight excluding hydrogens is 243 g/mol. The number of benzene rings is 1. The molecular formula is C15H19FN2O. The van der Waals surface area contributed by atoms with Crippen LogP contribution in [0.15, 0.2) is 18.2 Å². The standard InChI is InChI=1S/C15H19FN2O/c1-15(19-2)6-3-7-18(11-15)10-13-5-4-12(9-17)8-14(13)16/h4-5,8H,3,6-7,10-11H2,1-2H3. The molecule has 0 aromatic heterocycles. The lowest BCUT2D eigenvalue weighted by atomic mass is 9.94. The minimum absolute atomic E-state index is 0.138. The van der Waals surface area contributed by atoms with Crippen molar-refractivity contribution in [3.63, 3.8) is 0 Å². The van der Waals surface area contributed by atoms with Crippen LogP contribution in [0.3, 0.4) is 0 Å². The second kappa shape index (κ2) is 5.68. The maximum absolute atomic E-state index is 13.9. The molecule has 1 atom stereocenters. The minimum Gasteiger partial charge on any atom is -0.377 e. The van der Waals surface area contributed by atoms with Gasteiger partial charge in [0.05, 0.1) is 17.2 Å². The highest BCUT2D eigenvalue weighted by atomic mass is 19.1. The number of piperidine rings is 1. The minimum atomic E-state index is -0.302. The lowest BCUT2D eigenvalue weighted by Gasteiger charge is -2.39. The van der Waals surface area contributed by atoms with Crippen LogP contribution in [0.25, 0.3) is 0 Å².